The van der Waals surface area contributed by atoms with Gasteiger partial charge in [-0.05, 0) is 12.5 Å². The predicted octanol–water partition coefficient (Wildman–Crippen LogP) is 0.812. The van der Waals surface area contributed by atoms with Gasteiger partial charge in [0, 0.05) is 39.3 Å². The molecule has 1 aromatic rings. The fourth-order valence-corrected chi connectivity index (χ4v) is 2.32. The van der Waals surface area contributed by atoms with Crippen LogP contribution in [-0.4, -0.2) is 50.1 Å². The minimum Gasteiger partial charge on any atom is -0.354 e. The summed E-state index contributed by atoms with van der Waals surface area (Å²) in [5.41, 5.74) is 1.07. The van der Waals surface area contributed by atoms with E-state index in [1.165, 1.54) is 0 Å². The summed E-state index contributed by atoms with van der Waals surface area (Å²) in [5, 5.41) is 6.35. The first kappa shape index (κ1) is 14.0. The second kappa shape index (κ2) is 7.26. The maximum absolute atomic E-state index is 12.0. The number of nitrogens with one attached hydrogen (secondary N) is 2. The first-order valence-corrected chi connectivity index (χ1v) is 7.03. The summed E-state index contributed by atoms with van der Waals surface area (Å²) in [6.45, 7) is 7.87. The first-order valence-electron chi connectivity index (χ1n) is 7.03. The zero-order valence-corrected chi connectivity index (χ0v) is 11.6. The molecule has 1 amide bonds. The third kappa shape index (κ3) is 4.33. The van der Waals surface area contributed by atoms with Crippen molar-refractivity contribution >= 4 is 5.91 Å². The fourth-order valence-electron chi connectivity index (χ4n) is 2.32. The van der Waals surface area contributed by atoms with Crippen molar-refractivity contribution in [2.75, 3.05) is 39.3 Å². The summed E-state index contributed by atoms with van der Waals surface area (Å²) in [5.74, 6) is 0.0329. The van der Waals surface area contributed by atoms with Gasteiger partial charge in [-0.2, -0.15) is 0 Å². The number of amides is 1. The summed E-state index contributed by atoms with van der Waals surface area (Å²) in [4.78, 5) is 14.4. The lowest BCUT2D eigenvalue weighted by Gasteiger charge is -2.27. The van der Waals surface area contributed by atoms with Crippen LogP contribution in [0.3, 0.4) is 0 Å². The Balaban J connectivity index is 1.72. The van der Waals surface area contributed by atoms with Gasteiger partial charge in [-0.15, -0.1) is 0 Å². The van der Waals surface area contributed by atoms with Gasteiger partial charge in [0.2, 0.25) is 5.91 Å². The number of carbonyl (C=O) groups is 1. The van der Waals surface area contributed by atoms with E-state index in [1.54, 1.807) is 0 Å². The van der Waals surface area contributed by atoms with Crippen LogP contribution < -0.4 is 10.6 Å². The number of rotatable bonds is 5. The molecule has 1 aliphatic rings. The summed E-state index contributed by atoms with van der Waals surface area (Å²) >= 11 is 0. The molecule has 0 saturated carbocycles. The Morgan fingerprint density at radius 3 is 2.68 bits per heavy atom. The van der Waals surface area contributed by atoms with Gasteiger partial charge in [0.15, 0.2) is 0 Å². The van der Waals surface area contributed by atoms with Crippen LogP contribution in [0.15, 0.2) is 30.3 Å². The van der Waals surface area contributed by atoms with Gasteiger partial charge >= 0.3 is 0 Å². The molecule has 2 rings (SSSR count). The van der Waals surface area contributed by atoms with Crippen molar-refractivity contribution < 1.29 is 4.79 Å². The van der Waals surface area contributed by atoms with E-state index < -0.39 is 0 Å². The van der Waals surface area contributed by atoms with Crippen molar-refractivity contribution in [1.82, 2.24) is 15.5 Å². The average Bonchev–Trinajstić information content (AvgIpc) is 2.48. The highest BCUT2D eigenvalue weighted by Crippen LogP contribution is 2.14. The number of nitrogens with zero attached hydrogens (tertiary/aromatic N) is 1. The molecule has 1 unspecified atom stereocenters. The van der Waals surface area contributed by atoms with E-state index in [-0.39, 0.29) is 11.8 Å². The highest BCUT2D eigenvalue weighted by molar-refractivity contribution is 5.83. The third-order valence-corrected chi connectivity index (χ3v) is 3.63. The molecular weight excluding hydrogens is 238 g/mol. The largest absolute Gasteiger partial charge is 0.354 e. The number of piperazine rings is 1. The van der Waals surface area contributed by atoms with Crippen molar-refractivity contribution in [2.45, 2.75) is 12.8 Å². The van der Waals surface area contributed by atoms with Gasteiger partial charge in [0.05, 0.1) is 5.92 Å². The molecule has 2 N–H and O–H groups in total. The maximum atomic E-state index is 12.0. The molecule has 1 saturated heterocycles. The molecule has 1 aliphatic heterocycles. The van der Waals surface area contributed by atoms with Crippen LogP contribution in [-0.2, 0) is 4.79 Å². The number of hydrogen-bond donors (Lipinski definition) is 2. The molecule has 4 heteroatoms. The monoisotopic (exact) mass is 261 g/mol. The molecule has 0 radical (unpaired) electrons. The minimum atomic E-state index is -0.0794. The van der Waals surface area contributed by atoms with E-state index in [4.69, 9.17) is 0 Å². The summed E-state index contributed by atoms with van der Waals surface area (Å²) < 4.78 is 0. The summed E-state index contributed by atoms with van der Waals surface area (Å²) in [6.07, 6.45) is 0. The smallest absolute Gasteiger partial charge is 0.227 e. The summed E-state index contributed by atoms with van der Waals surface area (Å²) in [7, 11) is 0. The van der Waals surface area contributed by atoms with Crippen LogP contribution in [0, 0.1) is 0 Å². The first-order chi connectivity index (χ1) is 9.27. The van der Waals surface area contributed by atoms with Crippen molar-refractivity contribution in [3.63, 3.8) is 0 Å². The van der Waals surface area contributed by atoms with E-state index in [9.17, 15) is 4.79 Å². The van der Waals surface area contributed by atoms with Crippen molar-refractivity contribution in [1.29, 1.82) is 0 Å². The Hall–Kier alpha value is -1.39. The molecule has 1 atom stereocenters. The van der Waals surface area contributed by atoms with Crippen LogP contribution in [0.1, 0.15) is 18.4 Å². The van der Waals surface area contributed by atoms with Gasteiger partial charge in [0.1, 0.15) is 0 Å². The van der Waals surface area contributed by atoms with E-state index in [1.807, 2.05) is 37.3 Å². The predicted molar refractivity (Wildman–Crippen MR) is 77.2 cm³/mol. The SMILES string of the molecule is CC(C(=O)NCCN1CCNCC1)c1ccccc1. The van der Waals surface area contributed by atoms with E-state index in [0.717, 1.165) is 44.8 Å². The molecule has 1 aromatic carbocycles. The van der Waals surface area contributed by atoms with Crippen molar-refractivity contribution in [3.8, 4) is 0 Å². The zero-order valence-electron chi connectivity index (χ0n) is 11.6. The van der Waals surface area contributed by atoms with E-state index in [0.29, 0.717) is 0 Å². The standard InChI is InChI=1S/C15H23N3O/c1-13(14-5-3-2-4-6-14)15(19)17-9-12-18-10-7-16-8-11-18/h2-6,13,16H,7-12H2,1H3,(H,17,19). The summed E-state index contributed by atoms with van der Waals surface area (Å²) in [6, 6.07) is 9.92. The fraction of sp³-hybridized carbons (Fsp3) is 0.533. The Kier molecular flexibility index (Phi) is 5.36. The molecule has 1 heterocycles. The molecule has 0 aliphatic carbocycles. The molecule has 1 fully saturated rings. The molecule has 0 bridgehead atoms. The highest BCUT2D eigenvalue weighted by Gasteiger charge is 2.15. The number of hydrogen-bond acceptors (Lipinski definition) is 3. The van der Waals surface area contributed by atoms with Crippen molar-refractivity contribution in [2.24, 2.45) is 0 Å². The molecule has 4 nitrogen and oxygen atoms in total. The quantitative estimate of drug-likeness (QED) is 0.824. The van der Waals surface area contributed by atoms with E-state index >= 15 is 0 Å². The van der Waals surface area contributed by atoms with Crippen LogP contribution in [0.5, 0.6) is 0 Å². The van der Waals surface area contributed by atoms with Crippen LogP contribution in [0.25, 0.3) is 0 Å². The van der Waals surface area contributed by atoms with Crippen LogP contribution in [0.4, 0.5) is 0 Å². The maximum Gasteiger partial charge on any atom is 0.227 e. The Bertz CT molecular complexity index is 388. The second-order valence-corrected chi connectivity index (χ2v) is 5.02. The van der Waals surface area contributed by atoms with Gasteiger partial charge in [-0.3, -0.25) is 9.69 Å². The highest BCUT2D eigenvalue weighted by atomic mass is 16.1. The Morgan fingerprint density at radius 1 is 1.32 bits per heavy atom. The lowest BCUT2D eigenvalue weighted by atomic mass is 10.0. The van der Waals surface area contributed by atoms with Crippen molar-refractivity contribution in [3.05, 3.63) is 35.9 Å². The zero-order chi connectivity index (χ0) is 13.5. The lowest BCUT2D eigenvalue weighted by Crippen LogP contribution is -2.46. The average molecular weight is 261 g/mol. The van der Waals surface area contributed by atoms with Crippen LogP contribution in [0.2, 0.25) is 0 Å². The van der Waals surface area contributed by atoms with Gasteiger partial charge < -0.3 is 10.6 Å². The number of benzene rings is 1. The minimum absolute atomic E-state index is 0.0794. The topological polar surface area (TPSA) is 44.4 Å². The normalized spacial score (nSPS) is 17.9. The molecule has 104 valence electrons. The third-order valence-electron chi connectivity index (χ3n) is 3.63. The Labute approximate surface area is 115 Å². The van der Waals surface area contributed by atoms with Gasteiger partial charge in [-0.25, -0.2) is 0 Å². The number of carbonyl (C=O) groups excluding carboxylic acids is 1. The second-order valence-electron chi connectivity index (χ2n) is 5.02. The van der Waals surface area contributed by atoms with E-state index in [2.05, 4.69) is 15.5 Å². The van der Waals surface area contributed by atoms with Crippen LogP contribution >= 0.6 is 0 Å². The Morgan fingerprint density at radius 2 is 2.00 bits per heavy atom. The molecular formula is C15H23N3O. The molecule has 0 spiro atoms. The van der Waals surface area contributed by atoms with Gasteiger partial charge in [-0.1, -0.05) is 30.3 Å². The molecule has 19 heavy (non-hydrogen) atoms. The lowest BCUT2D eigenvalue weighted by molar-refractivity contribution is -0.122. The van der Waals surface area contributed by atoms with Gasteiger partial charge in [0.25, 0.3) is 0 Å². The molecule has 0 aromatic heterocycles.